The van der Waals surface area contributed by atoms with E-state index in [9.17, 15) is 9.59 Å². The van der Waals surface area contributed by atoms with Crippen molar-refractivity contribution in [1.82, 2.24) is 20.3 Å². The zero-order chi connectivity index (χ0) is 25.9. The molecule has 37 heavy (non-hydrogen) atoms. The van der Waals surface area contributed by atoms with Crippen molar-refractivity contribution in [3.63, 3.8) is 0 Å². The predicted octanol–water partition coefficient (Wildman–Crippen LogP) is 4.01. The lowest BCUT2D eigenvalue weighted by molar-refractivity contribution is -0.126. The molecule has 0 spiro atoms. The van der Waals surface area contributed by atoms with Crippen molar-refractivity contribution in [2.24, 2.45) is 11.7 Å². The molecule has 0 saturated heterocycles. The zero-order valence-corrected chi connectivity index (χ0v) is 20.8. The van der Waals surface area contributed by atoms with Gasteiger partial charge in [0.05, 0.1) is 6.04 Å². The molecule has 1 aliphatic carbocycles. The van der Waals surface area contributed by atoms with Crippen LogP contribution >= 0.6 is 11.6 Å². The van der Waals surface area contributed by atoms with Crippen LogP contribution < -0.4 is 16.8 Å². The Morgan fingerprint density at radius 3 is 2.59 bits per heavy atom. The van der Waals surface area contributed by atoms with Crippen LogP contribution in [0.2, 0.25) is 5.15 Å². The average molecular weight is 515 g/mol. The Hall–Kier alpha value is -4.17. The molecule has 2 unspecified atom stereocenters. The number of amides is 2. The van der Waals surface area contributed by atoms with Crippen molar-refractivity contribution in [1.29, 1.82) is 0 Å². The second kappa shape index (κ2) is 10.4. The van der Waals surface area contributed by atoms with Gasteiger partial charge in [-0.2, -0.15) is 0 Å². The molecule has 0 fully saturated rings. The highest BCUT2D eigenvalue weighted by molar-refractivity contribution is 6.31. The first-order valence-electron chi connectivity index (χ1n) is 12.1. The van der Waals surface area contributed by atoms with Gasteiger partial charge in [-0.25, -0.2) is 9.97 Å². The maximum Gasteiger partial charge on any atom is 0.248 e. The number of H-pyrrole nitrogens is 1. The summed E-state index contributed by atoms with van der Waals surface area (Å²) in [6, 6.07) is 18.2. The molecule has 4 aromatic rings. The number of halogens is 1. The molecule has 188 valence electrons. The molecular formula is C28H27ClN6O2. The summed E-state index contributed by atoms with van der Waals surface area (Å²) in [5, 5.41) is 3.56. The minimum atomic E-state index is -0.504. The largest absolute Gasteiger partial charge is 0.383 e. The minimum absolute atomic E-state index is 0.0400. The van der Waals surface area contributed by atoms with Crippen LogP contribution in [0.1, 0.15) is 45.3 Å². The number of aromatic nitrogens is 3. The van der Waals surface area contributed by atoms with E-state index in [1.165, 1.54) is 0 Å². The first-order valence-corrected chi connectivity index (χ1v) is 12.5. The number of hydrogen-bond donors (Lipinski definition) is 4. The quantitative estimate of drug-likeness (QED) is 0.295. The third-order valence-electron chi connectivity index (χ3n) is 6.82. The van der Waals surface area contributed by atoms with Crippen molar-refractivity contribution in [2.45, 2.75) is 31.7 Å². The molecule has 0 aliphatic heterocycles. The molecule has 2 amide bonds. The SMILES string of the molecule is NC(=O)c1ccc(-c2nc(C(Cc3ccccc3)NC(=O)C3CCc4c(ccnc4N)C3)[nH]c2Cl)cc1. The van der Waals surface area contributed by atoms with Gasteiger partial charge in [-0.15, -0.1) is 0 Å². The van der Waals surface area contributed by atoms with Crippen LogP contribution in [0, 0.1) is 5.92 Å². The lowest BCUT2D eigenvalue weighted by Crippen LogP contribution is -2.38. The number of nitrogens with one attached hydrogen (secondary N) is 2. The van der Waals surface area contributed by atoms with Crippen molar-refractivity contribution < 1.29 is 9.59 Å². The fraction of sp³-hybridized carbons (Fsp3) is 0.214. The van der Waals surface area contributed by atoms with E-state index >= 15 is 0 Å². The molecular weight excluding hydrogens is 488 g/mol. The van der Waals surface area contributed by atoms with Gasteiger partial charge in [0.25, 0.3) is 0 Å². The van der Waals surface area contributed by atoms with Gasteiger partial charge < -0.3 is 21.8 Å². The highest BCUT2D eigenvalue weighted by Gasteiger charge is 2.29. The van der Waals surface area contributed by atoms with Gasteiger partial charge in [-0.3, -0.25) is 9.59 Å². The zero-order valence-electron chi connectivity index (χ0n) is 20.1. The van der Waals surface area contributed by atoms with Crippen molar-refractivity contribution in [3.8, 4) is 11.3 Å². The number of primary amides is 1. The summed E-state index contributed by atoms with van der Waals surface area (Å²) in [6.07, 6.45) is 4.26. The van der Waals surface area contributed by atoms with E-state index in [0.717, 1.165) is 22.3 Å². The van der Waals surface area contributed by atoms with Crippen LogP contribution in [0.5, 0.6) is 0 Å². The maximum absolute atomic E-state index is 13.5. The van der Waals surface area contributed by atoms with E-state index in [-0.39, 0.29) is 11.8 Å². The molecule has 0 radical (unpaired) electrons. The van der Waals surface area contributed by atoms with Crippen LogP contribution in [0.4, 0.5) is 5.82 Å². The topological polar surface area (TPSA) is 140 Å². The molecule has 9 heteroatoms. The number of hydrogen-bond acceptors (Lipinski definition) is 5. The summed E-state index contributed by atoms with van der Waals surface area (Å²) in [7, 11) is 0. The summed E-state index contributed by atoms with van der Waals surface area (Å²) in [4.78, 5) is 37.0. The number of aromatic amines is 1. The van der Waals surface area contributed by atoms with Crippen molar-refractivity contribution in [3.05, 3.63) is 100 Å². The van der Waals surface area contributed by atoms with Crippen LogP contribution in [-0.4, -0.2) is 26.8 Å². The third kappa shape index (κ3) is 5.34. The van der Waals surface area contributed by atoms with Gasteiger partial charge in [0.2, 0.25) is 11.8 Å². The average Bonchev–Trinajstić information content (AvgIpc) is 3.30. The molecule has 0 bridgehead atoms. The number of pyridine rings is 1. The monoisotopic (exact) mass is 514 g/mol. The van der Waals surface area contributed by atoms with Gasteiger partial charge in [0.1, 0.15) is 22.5 Å². The number of anilines is 1. The second-order valence-corrected chi connectivity index (χ2v) is 9.63. The van der Waals surface area contributed by atoms with Gasteiger partial charge in [-0.1, -0.05) is 54.1 Å². The Kier molecular flexibility index (Phi) is 6.92. The second-order valence-electron chi connectivity index (χ2n) is 9.25. The Morgan fingerprint density at radius 1 is 1.11 bits per heavy atom. The summed E-state index contributed by atoms with van der Waals surface area (Å²) in [5.74, 6) is 0.372. The first kappa shape index (κ1) is 24.5. The van der Waals surface area contributed by atoms with E-state index in [1.807, 2.05) is 36.4 Å². The van der Waals surface area contributed by atoms with Gasteiger partial charge in [-0.05, 0) is 60.6 Å². The molecule has 1 aliphatic rings. The van der Waals surface area contributed by atoms with E-state index in [0.29, 0.717) is 53.7 Å². The van der Waals surface area contributed by atoms with Crippen LogP contribution in [0.15, 0.2) is 66.9 Å². The number of nitrogens with zero attached hydrogens (tertiary/aromatic N) is 2. The molecule has 2 aromatic carbocycles. The number of nitrogen functional groups attached to an aromatic ring is 1. The highest BCUT2D eigenvalue weighted by Crippen LogP contribution is 2.31. The molecule has 2 aromatic heterocycles. The van der Waals surface area contributed by atoms with Crippen LogP contribution in [0.25, 0.3) is 11.3 Å². The van der Waals surface area contributed by atoms with E-state index < -0.39 is 11.9 Å². The standard InChI is InChI=1S/C28H27ClN6O2/c29-24-23(17-6-8-18(9-7-17)26(31)36)34-27(35-24)22(14-16-4-2-1-3-5-16)33-28(37)20-10-11-21-19(15-20)12-13-32-25(21)30/h1-9,12-13,20,22H,10-11,14-15H2,(H2,30,32)(H2,31,36)(H,33,37)(H,34,35). The predicted molar refractivity (Wildman–Crippen MR) is 143 cm³/mol. The van der Waals surface area contributed by atoms with Gasteiger partial charge in [0, 0.05) is 23.2 Å². The Bertz CT molecular complexity index is 1440. The molecule has 5 rings (SSSR count). The van der Waals surface area contributed by atoms with Crippen molar-refractivity contribution in [2.75, 3.05) is 5.73 Å². The third-order valence-corrected chi connectivity index (χ3v) is 7.09. The van der Waals surface area contributed by atoms with Gasteiger partial charge in [0.15, 0.2) is 0 Å². The molecule has 6 N–H and O–H groups in total. The maximum atomic E-state index is 13.5. The minimum Gasteiger partial charge on any atom is -0.383 e. The number of fused-ring (bicyclic) bond motifs is 1. The fourth-order valence-electron chi connectivity index (χ4n) is 4.81. The number of imidazole rings is 1. The summed E-state index contributed by atoms with van der Waals surface area (Å²) in [6.45, 7) is 0. The first-order chi connectivity index (χ1) is 17.9. The Morgan fingerprint density at radius 2 is 1.86 bits per heavy atom. The van der Waals surface area contributed by atoms with E-state index in [2.05, 4.69) is 15.3 Å². The van der Waals surface area contributed by atoms with Crippen molar-refractivity contribution >= 4 is 29.2 Å². The summed E-state index contributed by atoms with van der Waals surface area (Å²) in [5.41, 5.74) is 16.2. The molecule has 8 nitrogen and oxygen atoms in total. The van der Waals surface area contributed by atoms with Crippen LogP contribution in [0.3, 0.4) is 0 Å². The fourth-order valence-corrected chi connectivity index (χ4v) is 5.06. The molecule has 2 atom stereocenters. The van der Waals surface area contributed by atoms with Gasteiger partial charge >= 0.3 is 0 Å². The normalized spacial score (nSPS) is 15.5. The highest BCUT2D eigenvalue weighted by atomic mass is 35.5. The molecule has 2 heterocycles. The number of benzene rings is 2. The summed E-state index contributed by atoms with van der Waals surface area (Å²) < 4.78 is 0. The van der Waals surface area contributed by atoms with E-state index in [1.54, 1.807) is 30.5 Å². The number of rotatable bonds is 7. The van der Waals surface area contributed by atoms with E-state index in [4.69, 9.17) is 28.1 Å². The Labute approximate surface area is 219 Å². The Balaban J connectivity index is 1.40. The lowest BCUT2D eigenvalue weighted by atomic mass is 9.83. The van der Waals surface area contributed by atoms with Crippen LogP contribution in [-0.2, 0) is 24.1 Å². The number of nitrogens with two attached hydrogens (primary N) is 2. The number of carbonyl (C=O) groups is 2. The smallest absolute Gasteiger partial charge is 0.248 e. The summed E-state index contributed by atoms with van der Waals surface area (Å²) >= 11 is 6.54. The number of carbonyl (C=O) groups excluding carboxylic acids is 2. The molecule has 0 saturated carbocycles. The lowest BCUT2D eigenvalue weighted by Gasteiger charge is -2.26.